The number of nitrogens with zero attached hydrogens (tertiary/aromatic N) is 2. The van der Waals surface area contributed by atoms with Crippen molar-refractivity contribution < 1.29 is 4.79 Å². The smallest absolute Gasteiger partial charge is 0.272 e. The first-order valence-corrected chi connectivity index (χ1v) is 12.3. The highest BCUT2D eigenvalue weighted by Crippen LogP contribution is 2.23. The summed E-state index contributed by atoms with van der Waals surface area (Å²) in [5.74, 6) is 0.0800. The molecular formula is C22H21N3O2S3. The van der Waals surface area contributed by atoms with Gasteiger partial charge < -0.3 is 5.32 Å². The number of nitrogens with one attached hydrogen (secondary N) is 1. The molecule has 0 aliphatic carbocycles. The van der Waals surface area contributed by atoms with Gasteiger partial charge in [-0.2, -0.15) is 0 Å². The maximum atomic E-state index is 13.0. The van der Waals surface area contributed by atoms with Gasteiger partial charge in [0.2, 0.25) is 5.91 Å². The van der Waals surface area contributed by atoms with Gasteiger partial charge >= 0.3 is 0 Å². The van der Waals surface area contributed by atoms with Crippen molar-refractivity contribution in [3.63, 3.8) is 0 Å². The monoisotopic (exact) mass is 455 g/mol. The van der Waals surface area contributed by atoms with E-state index in [1.165, 1.54) is 28.0 Å². The van der Waals surface area contributed by atoms with E-state index < -0.39 is 0 Å². The fourth-order valence-electron chi connectivity index (χ4n) is 3.22. The molecule has 0 saturated carbocycles. The fraction of sp³-hybridized carbons (Fsp3) is 0.227. The van der Waals surface area contributed by atoms with E-state index in [0.29, 0.717) is 21.9 Å². The largest absolute Gasteiger partial charge is 0.325 e. The lowest BCUT2D eigenvalue weighted by molar-refractivity contribution is -0.113. The lowest BCUT2D eigenvalue weighted by Crippen LogP contribution is -2.24. The quantitative estimate of drug-likeness (QED) is 0.311. The molecule has 0 bridgehead atoms. The van der Waals surface area contributed by atoms with Crippen molar-refractivity contribution in [3.8, 4) is 0 Å². The number of anilines is 1. The number of hydrogen-bond acceptors (Lipinski definition) is 6. The van der Waals surface area contributed by atoms with Crippen LogP contribution in [0.15, 0.2) is 57.1 Å². The molecule has 30 heavy (non-hydrogen) atoms. The summed E-state index contributed by atoms with van der Waals surface area (Å²) in [6.07, 6.45) is 0.762. The van der Waals surface area contributed by atoms with E-state index in [2.05, 4.69) is 16.4 Å². The van der Waals surface area contributed by atoms with Crippen LogP contribution < -0.4 is 10.9 Å². The number of hydrogen-bond donors (Lipinski definition) is 1. The molecule has 0 radical (unpaired) electrons. The minimum atomic E-state index is -0.109. The zero-order chi connectivity index (χ0) is 21.1. The number of amides is 1. The van der Waals surface area contributed by atoms with Crippen LogP contribution in [-0.2, 0) is 17.8 Å². The first kappa shape index (κ1) is 20.8. The van der Waals surface area contributed by atoms with Crippen molar-refractivity contribution in [2.45, 2.75) is 32.0 Å². The van der Waals surface area contributed by atoms with E-state index in [-0.39, 0.29) is 17.2 Å². The number of benzene rings is 1. The summed E-state index contributed by atoms with van der Waals surface area (Å²) in [5, 5.41) is 7.49. The Hall–Kier alpha value is -2.42. The molecule has 0 saturated heterocycles. The Bertz CT molecular complexity index is 1220. The highest BCUT2D eigenvalue weighted by atomic mass is 32.2. The molecule has 0 unspecified atom stereocenters. The van der Waals surface area contributed by atoms with Gasteiger partial charge in [-0.15, -0.1) is 22.7 Å². The van der Waals surface area contributed by atoms with Crippen molar-refractivity contribution in [2.24, 2.45) is 0 Å². The zero-order valence-electron chi connectivity index (χ0n) is 16.7. The van der Waals surface area contributed by atoms with Gasteiger partial charge in [0, 0.05) is 17.1 Å². The van der Waals surface area contributed by atoms with E-state index in [0.717, 1.165) is 23.2 Å². The third-order valence-electron chi connectivity index (χ3n) is 4.77. The van der Waals surface area contributed by atoms with Gasteiger partial charge in [-0.3, -0.25) is 14.2 Å². The molecule has 8 heteroatoms. The van der Waals surface area contributed by atoms with Gasteiger partial charge in [-0.05, 0) is 54.3 Å². The fourth-order valence-corrected chi connectivity index (χ4v) is 5.53. The van der Waals surface area contributed by atoms with Crippen molar-refractivity contribution in [2.75, 3.05) is 11.1 Å². The summed E-state index contributed by atoms with van der Waals surface area (Å²) in [5.41, 5.74) is 3.55. The number of aromatic nitrogens is 2. The maximum absolute atomic E-state index is 13.0. The Labute approximate surface area is 186 Å². The second kappa shape index (κ2) is 9.16. The summed E-state index contributed by atoms with van der Waals surface area (Å²) in [6, 6.07) is 11.9. The molecule has 1 N–H and O–H groups in total. The molecule has 1 aromatic carbocycles. The average Bonchev–Trinajstić information content (AvgIpc) is 3.40. The number of para-hydroxylation sites is 1. The predicted molar refractivity (Wildman–Crippen MR) is 127 cm³/mol. The van der Waals surface area contributed by atoms with Crippen LogP contribution in [0.5, 0.6) is 0 Å². The van der Waals surface area contributed by atoms with Crippen LogP contribution in [0.2, 0.25) is 0 Å². The first-order chi connectivity index (χ1) is 14.5. The lowest BCUT2D eigenvalue weighted by atomic mass is 10.1. The van der Waals surface area contributed by atoms with Crippen LogP contribution in [-0.4, -0.2) is 21.2 Å². The van der Waals surface area contributed by atoms with Crippen LogP contribution in [0.1, 0.15) is 16.0 Å². The Kier molecular flexibility index (Phi) is 6.36. The van der Waals surface area contributed by atoms with Gasteiger partial charge in [0.25, 0.3) is 5.56 Å². The molecule has 0 atom stereocenters. The molecular weight excluding hydrogens is 434 g/mol. The van der Waals surface area contributed by atoms with Gasteiger partial charge in [0.15, 0.2) is 5.16 Å². The second-order valence-electron chi connectivity index (χ2n) is 6.92. The molecule has 4 rings (SSSR count). The van der Waals surface area contributed by atoms with Gasteiger partial charge in [0.1, 0.15) is 4.70 Å². The molecule has 3 aromatic heterocycles. The summed E-state index contributed by atoms with van der Waals surface area (Å²) >= 11 is 4.39. The summed E-state index contributed by atoms with van der Waals surface area (Å²) in [7, 11) is 0. The number of carbonyl (C=O) groups is 1. The third kappa shape index (κ3) is 4.50. The average molecular weight is 456 g/mol. The minimum absolute atomic E-state index is 0.0378. The molecule has 3 heterocycles. The van der Waals surface area contributed by atoms with Crippen molar-refractivity contribution in [3.05, 3.63) is 73.5 Å². The Morgan fingerprint density at radius 2 is 1.90 bits per heavy atom. The third-order valence-corrected chi connectivity index (χ3v) is 7.57. The Balaban J connectivity index is 1.54. The van der Waals surface area contributed by atoms with E-state index in [4.69, 9.17) is 0 Å². The van der Waals surface area contributed by atoms with Crippen LogP contribution in [0.3, 0.4) is 0 Å². The highest BCUT2D eigenvalue weighted by molar-refractivity contribution is 7.99. The molecule has 4 aromatic rings. The van der Waals surface area contributed by atoms with Crippen molar-refractivity contribution in [1.82, 2.24) is 9.55 Å². The van der Waals surface area contributed by atoms with E-state index in [1.54, 1.807) is 15.9 Å². The summed E-state index contributed by atoms with van der Waals surface area (Å²) in [6.45, 7) is 4.50. The predicted octanol–water partition coefficient (Wildman–Crippen LogP) is 5.11. The number of fused-ring (bicyclic) bond motifs is 1. The van der Waals surface area contributed by atoms with Crippen LogP contribution in [0.4, 0.5) is 5.69 Å². The molecule has 0 fully saturated rings. The van der Waals surface area contributed by atoms with Gasteiger partial charge in [-0.1, -0.05) is 36.0 Å². The van der Waals surface area contributed by atoms with Crippen LogP contribution in [0.25, 0.3) is 10.2 Å². The number of thiophene rings is 2. The van der Waals surface area contributed by atoms with Crippen molar-refractivity contribution in [1.29, 1.82) is 0 Å². The molecule has 1 amide bonds. The Morgan fingerprint density at radius 1 is 1.10 bits per heavy atom. The molecule has 0 aliphatic rings. The lowest BCUT2D eigenvalue weighted by Gasteiger charge is -2.13. The standard InChI is InChI=1S/C22H21N3O2S3/c1-14-5-3-6-15(2)19(14)24-18(26)13-30-22-23-17-9-12-29-20(17)21(27)25(22)10-8-16-7-4-11-28-16/h3-7,9,11-12H,8,10,13H2,1-2H3,(H,24,26). The highest BCUT2D eigenvalue weighted by Gasteiger charge is 2.15. The molecule has 0 aliphatic heterocycles. The Morgan fingerprint density at radius 3 is 2.63 bits per heavy atom. The second-order valence-corrected chi connectivity index (χ2v) is 9.81. The van der Waals surface area contributed by atoms with E-state index >= 15 is 0 Å². The molecule has 154 valence electrons. The van der Waals surface area contributed by atoms with Crippen molar-refractivity contribution >= 4 is 56.2 Å². The van der Waals surface area contributed by atoms with Crippen LogP contribution >= 0.6 is 34.4 Å². The molecule has 5 nitrogen and oxygen atoms in total. The summed E-state index contributed by atoms with van der Waals surface area (Å²) < 4.78 is 2.36. The van der Waals surface area contributed by atoms with E-state index in [9.17, 15) is 9.59 Å². The number of carbonyl (C=O) groups excluding carboxylic acids is 1. The topological polar surface area (TPSA) is 64.0 Å². The maximum Gasteiger partial charge on any atom is 0.272 e. The van der Waals surface area contributed by atoms with Gasteiger partial charge in [0.05, 0.1) is 11.3 Å². The van der Waals surface area contributed by atoms with E-state index in [1.807, 2.05) is 54.9 Å². The number of thioether (sulfide) groups is 1. The zero-order valence-corrected chi connectivity index (χ0v) is 19.1. The SMILES string of the molecule is Cc1cccc(C)c1NC(=O)CSc1nc2ccsc2c(=O)n1CCc1cccs1. The van der Waals surface area contributed by atoms with Gasteiger partial charge in [-0.25, -0.2) is 4.98 Å². The summed E-state index contributed by atoms with van der Waals surface area (Å²) in [4.78, 5) is 31.5. The normalized spacial score (nSPS) is 11.1. The molecule has 0 spiro atoms. The minimum Gasteiger partial charge on any atom is -0.325 e. The number of rotatable bonds is 7. The van der Waals surface area contributed by atoms with Crippen LogP contribution in [0, 0.1) is 13.8 Å². The first-order valence-electron chi connectivity index (χ1n) is 9.52. The number of aryl methyl sites for hydroxylation is 3.